The van der Waals surface area contributed by atoms with E-state index in [1.165, 1.54) is 11.3 Å². The van der Waals surface area contributed by atoms with Crippen LogP contribution in [-0.2, 0) is 9.53 Å². The van der Waals surface area contributed by atoms with Gasteiger partial charge in [-0.05, 0) is 47.5 Å². The Bertz CT molecular complexity index is 1550. The highest BCUT2D eigenvalue weighted by Crippen LogP contribution is 2.38. The van der Waals surface area contributed by atoms with Gasteiger partial charge in [0.1, 0.15) is 17.6 Å². The minimum absolute atomic E-state index is 0.204. The van der Waals surface area contributed by atoms with Crippen molar-refractivity contribution in [2.75, 3.05) is 32.7 Å². The maximum absolute atomic E-state index is 13.9. The fourth-order valence-electron chi connectivity index (χ4n) is 4.22. The minimum atomic E-state index is -0.771. The third-order valence-corrected chi connectivity index (χ3v) is 7.79. The molecule has 0 radical (unpaired) electrons. The molecule has 0 amide bonds. The Hall–Kier alpha value is -2.63. The summed E-state index contributed by atoms with van der Waals surface area (Å²) in [4.78, 5) is 34.4. The van der Waals surface area contributed by atoms with Gasteiger partial charge in [0.25, 0.3) is 5.56 Å². The van der Waals surface area contributed by atoms with E-state index in [1.54, 1.807) is 30.7 Å². The molecule has 0 fully saturated rings. The fraction of sp³-hybridized carbons (Fsp3) is 0.346. The summed E-state index contributed by atoms with van der Waals surface area (Å²) >= 11 is 8.29. The predicted octanol–water partition coefficient (Wildman–Crippen LogP) is 4.77. The van der Waals surface area contributed by atoms with Crippen molar-refractivity contribution in [3.05, 3.63) is 75.5 Å². The van der Waals surface area contributed by atoms with Gasteiger partial charge in [-0.25, -0.2) is 9.79 Å². The van der Waals surface area contributed by atoms with Crippen LogP contribution in [0, 0.1) is 0 Å². The van der Waals surface area contributed by atoms with Crippen LogP contribution in [0.1, 0.15) is 44.1 Å². The van der Waals surface area contributed by atoms with Crippen LogP contribution >= 0.6 is 43.2 Å². The Balaban J connectivity index is 2.03. The molecule has 3 heterocycles. The number of allylic oxidation sites excluding steroid dienone is 1. The number of aromatic nitrogens is 1. The summed E-state index contributed by atoms with van der Waals surface area (Å²) in [5, 5.41) is 0. The van der Waals surface area contributed by atoms with Crippen molar-refractivity contribution in [2.45, 2.75) is 32.7 Å². The van der Waals surface area contributed by atoms with Crippen molar-refractivity contribution in [2.24, 2.45) is 4.99 Å². The van der Waals surface area contributed by atoms with E-state index in [0.717, 1.165) is 15.4 Å². The number of benzene rings is 1. The fourth-order valence-corrected chi connectivity index (χ4v) is 6.26. The Morgan fingerprint density at radius 3 is 2.65 bits per heavy atom. The second-order valence-corrected chi connectivity index (χ2v) is 11.3. The van der Waals surface area contributed by atoms with E-state index in [1.807, 2.05) is 44.1 Å². The van der Waals surface area contributed by atoms with Gasteiger partial charge in [0.2, 0.25) is 5.88 Å². The molecular formula is C26H27Br2N3O5S. The van der Waals surface area contributed by atoms with Gasteiger partial charge in [-0.1, -0.05) is 40.6 Å². The van der Waals surface area contributed by atoms with Crippen LogP contribution in [0.3, 0.4) is 0 Å². The molecule has 2 aromatic heterocycles. The van der Waals surface area contributed by atoms with Gasteiger partial charge in [0.15, 0.2) is 4.80 Å². The monoisotopic (exact) mass is 651 g/mol. The van der Waals surface area contributed by atoms with E-state index >= 15 is 0 Å². The van der Waals surface area contributed by atoms with E-state index in [2.05, 4.69) is 31.9 Å². The number of carbonyl (C=O) groups excluding carboxylic acids is 1. The lowest BCUT2D eigenvalue weighted by Crippen LogP contribution is -2.40. The smallest absolute Gasteiger partial charge is 0.338 e. The molecule has 1 aliphatic rings. The topological polar surface area (TPSA) is 86.3 Å². The molecule has 37 heavy (non-hydrogen) atoms. The number of thiazole rings is 1. The number of halogens is 2. The van der Waals surface area contributed by atoms with E-state index < -0.39 is 12.0 Å². The van der Waals surface area contributed by atoms with Gasteiger partial charge in [-0.2, -0.15) is 0 Å². The number of fused-ring (bicyclic) bond motifs is 1. The molecule has 11 heteroatoms. The zero-order chi connectivity index (χ0) is 26.9. The maximum atomic E-state index is 13.9. The summed E-state index contributed by atoms with van der Waals surface area (Å²) in [5.74, 6) is 1.22. The van der Waals surface area contributed by atoms with Gasteiger partial charge in [0.05, 0.1) is 34.0 Å². The molecule has 196 valence electrons. The predicted molar refractivity (Wildman–Crippen MR) is 151 cm³/mol. The second-order valence-electron chi connectivity index (χ2n) is 8.50. The second kappa shape index (κ2) is 11.4. The number of hydrogen-bond donors (Lipinski definition) is 0. The van der Waals surface area contributed by atoms with Crippen molar-refractivity contribution in [3.63, 3.8) is 0 Å². The Labute approximate surface area is 235 Å². The number of rotatable bonds is 8. The molecule has 8 nitrogen and oxygen atoms in total. The molecule has 0 spiro atoms. The lowest BCUT2D eigenvalue weighted by molar-refractivity contribution is -0.139. The number of methoxy groups -OCH3 is 1. The Morgan fingerprint density at radius 1 is 1.27 bits per heavy atom. The number of carbonyl (C=O) groups is 1. The van der Waals surface area contributed by atoms with Crippen molar-refractivity contribution in [1.29, 1.82) is 0 Å². The normalized spacial score (nSPS) is 15.4. The zero-order valence-electron chi connectivity index (χ0n) is 21.1. The zero-order valence-corrected chi connectivity index (χ0v) is 25.1. The minimum Gasteiger partial charge on any atom is -0.496 e. The van der Waals surface area contributed by atoms with Crippen molar-refractivity contribution in [1.82, 2.24) is 4.57 Å². The molecule has 1 aromatic carbocycles. The lowest BCUT2D eigenvalue weighted by atomic mass is 9.93. The number of nitrogens with zero attached hydrogens (tertiary/aromatic N) is 3. The molecule has 0 saturated carbocycles. The van der Waals surface area contributed by atoms with E-state index in [0.29, 0.717) is 50.0 Å². The molecule has 0 N–H and O–H groups in total. The maximum Gasteiger partial charge on any atom is 0.338 e. The number of esters is 1. The average Bonchev–Trinajstić information content (AvgIpc) is 3.37. The SMILES string of the molecule is CCCC1=C(C(=O)OCC)[C@@H](c2cc(Br)ccc2OC)n2c(s/c(=C/c3cc(Br)c(N(C)C)o3)c2=O)=N1. The molecule has 4 rings (SSSR count). The number of ether oxygens (including phenoxy) is 2. The van der Waals surface area contributed by atoms with Crippen molar-refractivity contribution < 1.29 is 18.7 Å². The third-order valence-electron chi connectivity index (χ3n) is 5.75. The van der Waals surface area contributed by atoms with E-state index in [4.69, 9.17) is 18.9 Å². The van der Waals surface area contributed by atoms with Crippen LogP contribution in [-0.4, -0.2) is 38.3 Å². The first kappa shape index (κ1) is 27.4. The standard InChI is InChI=1S/C26H27Br2N3O5S/c1-6-8-18-21(25(33)35-7-2)22(16-11-14(27)9-10-19(16)34-5)31-23(32)20(37-26(31)29-18)13-15-12-17(28)24(36-15)30(3)4/h9-13,22H,6-8H2,1-5H3/b20-13+/t22-/m1/s1. The molecule has 0 aliphatic carbocycles. The molecule has 1 aliphatic heterocycles. The van der Waals surface area contributed by atoms with E-state index in [9.17, 15) is 9.59 Å². The van der Waals surface area contributed by atoms with Crippen LogP contribution in [0.4, 0.5) is 5.88 Å². The first-order chi connectivity index (χ1) is 17.7. The Kier molecular flexibility index (Phi) is 8.45. The van der Waals surface area contributed by atoms with E-state index in [-0.39, 0.29) is 12.2 Å². The first-order valence-electron chi connectivity index (χ1n) is 11.7. The van der Waals surface area contributed by atoms with Gasteiger partial charge < -0.3 is 18.8 Å². The van der Waals surface area contributed by atoms with Crippen LogP contribution in [0.25, 0.3) is 6.08 Å². The average molecular weight is 653 g/mol. The summed E-state index contributed by atoms with van der Waals surface area (Å²) in [7, 11) is 5.31. The highest BCUT2D eigenvalue weighted by Gasteiger charge is 2.36. The summed E-state index contributed by atoms with van der Waals surface area (Å²) < 4.78 is 20.6. The van der Waals surface area contributed by atoms with Gasteiger partial charge in [0, 0.05) is 36.3 Å². The van der Waals surface area contributed by atoms with Crippen molar-refractivity contribution >= 4 is 61.1 Å². The molecule has 1 atom stereocenters. The summed E-state index contributed by atoms with van der Waals surface area (Å²) in [6.45, 7) is 3.98. The van der Waals surface area contributed by atoms with Crippen LogP contribution < -0.4 is 24.5 Å². The third kappa shape index (κ3) is 5.35. The summed E-state index contributed by atoms with van der Waals surface area (Å²) in [5.41, 5.74) is 1.32. The largest absolute Gasteiger partial charge is 0.496 e. The van der Waals surface area contributed by atoms with Crippen LogP contribution in [0.5, 0.6) is 5.75 Å². The van der Waals surface area contributed by atoms with Gasteiger partial charge in [-0.3, -0.25) is 9.36 Å². The lowest BCUT2D eigenvalue weighted by Gasteiger charge is -2.27. The molecule has 0 unspecified atom stereocenters. The quantitative estimate of drug-likeness (QED) is 0.326. The number of anilines is 1. The van der Waals surface area contributed by atoms with Crippen LogP contribution in [0.15, 0.2) is 58.7 Å². The molecule has 0 bridgehead atoms. The number of hydrogen-bond acceptors (Lipinski definition) is 8. The van der Waals surface area contributed by atoms with Crippen LogP contribution in [0.2, 0.25) is 0 Å². The molecular weight excluding hydrogens is 626 g/mol. The van der Waals surface area contributed by atoms with Gasteiger partial charge >= 0.3 is 5.97 Å². The molecule has 3 aromatic rings. The summed E-state index contributed by atoms with van der Waals surface area (Å²) in [6, 6.07) is 6.56. The van der Waals surface area contributed by atoms with Crippen molar-refractivity contribution in [3.8, 4) is 5.75 Å². The Morgan fingerprint density at radius 2 is 2.03 bits per heavy atom. The van der Waals surface area contributed by atoms with Gasteiger partial charge in [-0.15, -0.1) is 0 Å². The highest BCUT2D eigenvalue weighted by atomic mass is 79.9. The first-order valence-corrected chi connectivity index (χ1v) is 14.1. The highest BCUT2D eigenvalue weighted by molar-refractivity contribution is 9.10. The molecule has 0 saturated heterocycles. The number of furan rings is 1. The summed E-state index contributed by atoms with van der Waals surface area (Å²) in [6.07, 6.45) is 3.03.